The van der Waals surface area contributed by atoms with E-state index in [0.717, 1.165) is 57.8 Å². The summed E-state index contributed by atoms with van der Waals surface area (Å²) in [6.45, 7) is 19.9. The lowest BCUT2D eigenvalue weighted by molar-refractivity contribution is -0.362. The van der Waals surface area contributed by atoms with Crippen LogP contribution in [0.3, 0.4) is 0 Å². The standard InChI is InChI=1S/C25H53BO4/c1-10-22(11-2,12-3)20(26)25(17-8,18-9)21(29-27)23(13-4,14-5)19-24(15-6,16-7)30-28/h20-21,27-28H,10-19,26H2,1-9H3. The third-order valence-corrected chi connectivity index (χ3v) is 9.96. The molecule has 5 heteroatoms. The Balaban J connectivity index is 6.72. The molecule has 0 spiro atoms. The quantitative estimate of drug-likeness (QED) is 0.143. The second kappa shape index (κ2) is 12.8. The zero-order chi connectivity index (χ0) is 23.6. The van der Waals surface area contributed by atoms with Gasteiger partial charge in [-0.2, -0.15) is 0 Å². The second-order valence-corrected chi connectivity index (χ2v) is 9.80. The van der Waals surface area contributed by atoms with Crippen LogP contribution in [0, 0.1) is 16.2 Å². The molecule has 2 atom stereocenters. The van der Waals surface area contributed by atoms with Gasteiger partial charge < -0.3 is 0 Å². The highest BCUT2D eigenvalue weighted by Crippen LogP contribution is 2.60. The lowest BCUT2D eigenvalue weighted by Crippen LogP contribution is -2.55. The molecule has 0 aliphatic carbocycles. The van der Waals surface area contributed by atoms with Crippen LogP contribution in [0.25, 0.3) is 0 Å². The van der Waals surface area contributed by atoms with Crippen molar-refractivity contribution in [2.45, 2.75) is 144 Å². The van der Waals surface area contributed by atoms with E-state index in [1.807, 2.05) is 0 Å². The molecule has 0 aromatic rings. The topological polar surface area (TPSA) is 58.9 Å². The lowest BCUT2D eigenvalue weighted by Gasteiger charge is -2.57. The zero-order valence-corrected chi connectivity index (χ0v) is 21.9. The summed E-state index contributed by atoms with van der Waals surface area (Å²) in [6, 6.07) is 0. The molecule has 4 nitrogen and oxygen atoms in total. The van der Waals surface area contributed by atoms with Crippen LogP contribution in [-0.2, 0) is 9.78 Å². The van der Waals surface area contributed by atoms with E-state index in [1.54, 1.807) is 0 Å². The highest BCUT2D eigenvalue weighted by atomic mass is 17.1. The maximum absolute atomic E-state index is 10.5. The summed E-state index contributed by atoms with van der Waals surface area (Å²) in [7, 11) is 2.39. The lowest BCUT2D eigenvalue weighted by atomic mass is 9.44. The molecule has 180 valence electrons. The minimum absolute atomic E-state index is 0.161. The minimum atomic E-state index is -0.614. The van der Waals surface area contributed by atoms with Crippen LogP contribution in [0.5, 0.6) is 0 Å². The molecule has 0 aliphatic heterocycles. The van der Waals surface area contributed by atoms with E-state index in [9.17, 15) is 10.5 Å². The average molecular weight is 429 g/mol. The third kappa shape index (κ3) is 5.27. The van der Waals surface area contributed by atoms with Crippen molar-refractivity contribution in [3.05, 3.63) is 0 Å². The van der Waals surface area contributed by atoms with Crippen LogP contribution in [0.15, 0.2) is 0 Å². The second-order valence-electron chi connectivity index (χ2n) is 9.80. The fourth-order valence-corrected chi connectivity index (χ4v) is 6.83. The first kappa shape index (κ1) is 29.9. The summed E-state index contributed by atoms with van der Waals surface area (Å²) >= 11 is 0. The summed E-state index contributed by atoms with van der Waals surface area (Å²) in [5.41, 5.74) is -0.844. The SMILES string of the molecule is BC(C(CC)(CC)CC)C(CC)(CC)C(OO)C(CC)(CC)CC(CC)(CC)OO. The van der Waals surface area contributed by atoms with Crippen molar-refractivity contribution in [1.29, 1.82) is 0 Å². The van der Waals surface area contributed by atoms with E-state index >= 15 is 0 Å². The molecule has 0 amide bonds. The van der Waals surface area contributed by atoms with Crippen LogP contribution < -0.4 is 0 Å². The molecule has 30 heavy (non-hydrogen) atoms. The molecule has 0 aromatic carbocycles. The number of hydrogen-bond acceptors (Lipinski definition) is 4. The molecular weight excluding hydrogens is 375 g/mol. The molecule has 2 N–H and O–H groups in total. The van der Waals surface area contributed by atoms with Crippen molar-refractivity contribution in [3.8, 4) is 0 Å². The van der Waals surface area contributed by atoms with Crippen molar-refractivity contribution in [1.82, 2.24) is 0 Å². The van der Waals surface area contributed by atoms with Gasteiger partial charge in [-0.25, -0.2) is 9.78 Å². The Morgan fingerprint density at radius 1 is 0.633 bits per heavy atom. The Bertz CT molecular complexity index is 436. The van der Waals surface area contributed by atoms with Crippen molar-refractivity contribution in [2.75, 3.05) is 0 Å². The van der Waals surface area contributed by atoms with Crippen LogP contribution in [-0.4, -0.2) is 30.1 Å². The maximum Gasteiger partial charge on any atom is 0.106 e. The normalized spacial score (nSPS) is 16.0. The van der Waals surface area contributed by atoms with Gasteiger partial charge in [0.15, 0.2) is 0 Å². The van der Waals surface area contributed by atoms with Gasteiger partial charge in [-0.05, 0) is 55.8 Å². The number of hydrogen-bond donors (Lipinski definition) is 2. The number of rotatable bonds is 17. The molecule has 0 heterocycles. The van der Waals surface area contributed by atoms with Gasteiger partial charge in [0.1, 0.15) is 19.6 Å². The first-order valence-electron chi connectivity index (χ1n) is 12.8. The molecule has 0 bridgehead atoms. The van der Waals surface area contributed by atoms with Gasteiger partial charge >= 0.3 is 0 Å². The Morgan fingerprint density at radius 2 is 1.03 bits per heavy atom. The van der Waals surface area contributed by atoms with Gasteiger partial charge in [0, 0.05) is 5.41 Å². The third-order valence-electron chi connectivity index (χ3n) is 9.96. The monoisotopic (exact) mass is 428 g/mol. The van der Waals surface area contributed by atoms with Crippen LogP contribution in [0.1, 0.15) is 127 Å². The molecule has 0 aromatic heterocycles. The molecule has 0 aliphatic rings. The van der Waals surface area contributed by atoms with Crippen molar-refractivity contribution < 1.29 is 20.3 Å². The summed E-state index contributed by atoms with van der Waals surface area (Å²) in [4.78, 5) is 10.7. The van der Waals surface area contributed by atoms with Crippen molar-refractivity contribution >= 4 is 7.85 Å². The van der Waals surface area contributed by atoms with Gasteiger partial charge in [0.2, 0.25) is 0 Å². The average Bonchev–Trinajstić information content (AvgIpc) is 2.81. The van der Waals surface area contributed by atoms with Gasteiger partial charge in [0.05, 0.1) is 0 Å². The largest absolute Gasteiger partial charge is 0.251 e. The predicted molar refractivity (Wildman–Crippen MR) is 131 cm³/mol. The van der Waals surface area contributed by atoms with Crippen LogP contribution >= 0.6 is 0 Å². The Hall–Kier alpha value is -0.0951. The van der Waals surface area contributed by atoms with Crippen molar-refractivity contribution in [2.24, 2.45) is 16.2 Å². The van der Waals surface area contributed by atoms with E-state index in [4.69, 9.17) is 9.78 Å². The predicted octanol–water partition coefficient (Wildman–Crippen LogP) is 7.53. The van der Waals surface area contributed by atoms with E-state index < -0.39 is 5.60 Å². The first-order chi connectivity index (χ1) is 14.2. The summed E-state index contributed by atoms with van der Waals surface area (Å²) in [6.07, 6.45) is 8.81. The van der Waals surface area contributed by atoms with Crippen LogP contribution in [0.2, 0.25) is 5.82 Å². The molecule has 0 radical (unpaired) electrons. The Labute approximate surface area is 188 Å². The summed E-state index contributed by atoms with van der Waals surface area (Å²) in [5, 5.41) is 20.3. The summed E-state index contributed by atoms with van der Waals surface area (Å²) in [5.74, 6) is 0.391. The van der Waals surface area contributed by atoms with Gasteiger partial charge in [-0.15, -0.1) is 0 Å². The minimum Gasteiger partial charge on any atom is -0.251 e. The van der Waals surface area contributed by atoms with Crippen LogP contribution in [0.4, 0.5) is 0 Å². The van der Waals surface area contributed by atoms with E-state index in [2.05, 4.69) is 70.2 Å². The fraction of sp³-hybridized carbons (Fsp3) is 1.00. The molecule has 0 fully saturated rings. The molecular formula is C25H53BO4. The molecule has 0 rings (SSSR count). The Morgan fingerprint density at radius 3 is 1.27 bits per heavy atom. The molecule has 0 saturated carbocycles. The molecule has 0 saturated heterocycles. The van der Waals surface area contributed by atoms with Gasteiger partial charge in [-0.1, -0.05) is 87.4 Å². The van der Waals surface area contributed by atoms with Gasteiger partial charge in [-0.3, -0.25) is 10.5 Å². The first-order valence-corrected chi connectivity index (χ1v) is 12.8. The highest BCUT2D eigenvalue weighted by Gasteiger charge is 2.57. The van der Waals surface area contributed by atoms with E-state index in [0.29, 0.717) is 12.2 Å². The van der Waals surface area contributed by atoms with E-state index in [1.165, 1.54) is 0 Å². The van der Waals surface area contributed by atoms with Crippen molar-refractivity contribution in [3.63, 3.8) is 0 Å². The maximum atomic E-state index is 10.5. The fourth-order valence-electron chi connectivity index (χ4n) is 6.83. The van der Waals surface area contributed by atoms with Gasteiger partial charge in [0.25, 0.3) is 0 Å². The Kier molecular flexibility index (Phi) is 12.8. The molecule has 2 unspecified atom stereocenters. The summed E-state index contributed by atoms with van der Waals surface area (Å²) < 4.78 is 0. The highest BCUT2D eigenvalue weighted by molar-refractivity contribution is 6.12. The smallest absolute Gasteiger partial charge is 0.106 e. The zero-order valence-electron chi connectivity index (χ0n) is 21.9. The van der Waals surface area contributed by atoms with E-state index in [-0.39, 0.29) is 22.3 Å².